The van der Waals surface area contributed by atoms with Crippen molar-refractivity contribution in [2.45, 2.75) is 26.7 Å². The van der Waals surface area contributed by atoms with Gasteiger partial charge >= 0.3 is 0 Å². The summed E-state index contributed by atoms with van der Waals surface area (Å²) in [5, 5.41) is 8.75. The fourth-order valence-electron chi connectivity index (χ4n) is 1.48. The minimum atomic E-state index is -0.474. The van der Waals surface area contributed by atoms with Crippen molar-refractivity contribution < 1.29 is 9.53 Å². The molecule has 0 saturated heterocycles. The third-order valence-corrected chi connectivity index (χ3v) is 2.53. The molecule has 0 spiro atoms. The van der Waals surface area contributed by atoms with Gasteiger partial charge in [-0.25, -0.2) is 0 Å². The normalized spacial score (nSPS) is 10.1. The Kier molecular flexibility index (Phi) is 5.28. The Balaban J connectivity index is 2.80. The molecule has 96 valence electrons. The summed E-state index contributed by atoms with van der Waals surface area (Å²) in [6.07, 6.45) is 1.91. The lowest BCUT2D eigenvalue weighted by atomic mass is 10.1. The van der Waals surface area contributed by atoms with Crippen LogP contribution in [-0.4, -0.2) is 24.0 Å². The SMILES string of the molecule is CCCCOCC(=O)c1cc(C#N)c(=O)[nH]c1C. The molecule has 1 heterocycles. The van der Waals surface area contributed by atoms with Crippen LogP contribution < -0.4 is 5.56 Å². The fourth-order valence-corrected chi connectivity index (χ4v) is 1.48. The number of carbonyl (C=O) groups excluding carboxylic acids is 1. The van der Waals surface area contributed by atoms with Gasteiger partial charge < -0.3 is 9.72 Å². The zero-order valence-corrected chi connectivity index (χ0v) is 10.6. The summed E-state index contributed by atoms with van der Waals surface area (Å²) in [6.45, 7) is 4.17. The van der Waals surface area contributed by atoms with Crippen molar-refractivity contribution in [3.63, 3.8) is 0 Å². The molecule has 0 aromatic carbocycles. The summed E-state index contributed by atoms with van der Waals surface area (Å²) in [7, 11) is 0. The Labute approximate surface area is 105 Å². The first kappa shape index (κ1) is 14.1. The zero-order valence-electron chi connectivity index (χ0n) is 10.6. The quantitative estimate of drug-likeness (QED) is 0.611. The number of aromatic nitrogens is 1. The molecule has 1 rings (SSSR count). The Bertz CT molecular complexity index is 526. The summed E-state index contributed by atoms with van der Waals surface area (Å²) < 4.78 is 5.22. The van der Waals surface area contributed by atoms with Crippen molar-refractivity contribution in [2.75, 3.05) is 13.2 Å². The highest BCUT2D eigenvalue weighted by Gasteiger charge is 2.12. The van der Waals surface area contributed by atoms with Crippen molar-refractivity contribution in [1.82, 2.24) is 4.98 Å². The van der Waals surface area contributed by atoms with E-state index < -0.39 is 5.56 Å². The molecule has 0 unspecified atom stereocenters. The number of nitriles is 1. The molecule has 1 aromatic rings. The molecule has 0 amide bonds. The molecule has 5 heteroatoms. The molecule has 1 N–H and O–H groups in total. The molecule has 0 aliphatic rings. The van der Waals surface area contributed by atoms with Crippen LogP contribution in [0.5, 0.6) is 0 Å². The van der Waals surface area contributed by atoms with Crippen LogP contribution in [0.2, 0.25) is 0 Å². The predicted octanol–water partition coefficient (Wildman–Crippen LogP) is 1.55. The number of rotatable bonds is 6. The largest absolute Gasteiger partial charge is 0.373 e. The number of nitrogens with zero attached hydrogens (tertiary/aromatic N) is 1. The van der Waals surface area contributed by atoms with Gasteiger partial charge in [-0.1, -0.05) is 13.3 Å². The maximum absolute atomic E-state index is 11.9. The highest BCUT2D eigenvalue weighted by Crippen LogP contribution is 2.06. The molecule has 0 aliphatic carbocycles. The summed E-state index contributed by atoms with van der Waals surface area (Å²) in [6, 6.07) is 3.08. The summed E-state index contributed by atoms with van der Waals surface area (Å²) in [5.41, 5.74) is 0.265. The first-order chi connectivity index (χ1) is 8.60. The first-order valence-corrected chi connectivity index (χ1v) is 5.85. The van der Waals surface area contributed by atoms with E-state index >= 15 is 0 Å². The minimum Gasteiger partial charge on any atom is -0.373 e. The Morgan fingerprint density at radius 1 is 1.56 bits per heavy atom. The van der Waals surface area contributed by atoms with Crippen LogP contribution in [0, 0.1) is 18.3 Å². The number of ketones is 1. The number of aromatic amines is 1. The number of carbonyl (C=O) groups is 1. The molecule has 5 nitrogen and oxygen atoms in total. The van der Waals surface area contributed by atoms with Gasteiger partial charge in [0, 0.05) is 17.9 Å². The Morgan fingerprint density at radius 3 is 2.89 bits per heavy atom. The number of H-pyrrole nitrogens is 1. The average molecular weight is 248 g/mol. The maximum atomic E-state index is 11.9. The van der Waals surface area contributed by atoms with E-state index in [2.05, 4.69) is 4.98 Å². The van der Waals surface area contributed by atoms with Crippen LogP contribution in [0.4, 0.5) is 0 Å². The van der Waals surface area contributed by atoms with Crippen molar-refractivity contribution in [3.05, 3.63) is 33.2 Å². The highest BCUT2D eigenvalue weighted by atomic mass is 16.5. The smallest absolute Gasteiger partial charge is 0.266 e. The minimum absolute atomic E-state index is 0.0300. The van der Waals surface area contributed by atoms with Gasteiger partial charge in [-0.05, 0) is 19.4 Å². The second kappa shape index (κ2) is 6.72. The molecular formula is C13H16N2O3. The summed E-state index contributed by atoms with van der Waals surface area (Å²) in [4.78, 5) is 25.7. The van der Waals surface area contributed by atoms with Crippen LogP contribution in [0.25, 0.3) is 0 Å². The number of unbranched alkanes of at least 4 members (excludes halogenated alkanes) is 1. The summed E-state index contributed by atoms with van der Waals surface area (Å²) >= 11 is 0. The van der Waals surface area contributed by atoms with Gasteiger partial charge in [0.1, 0.15) is 18.2 Å². The standard InChI is InChI=1S/C13H16N2O3/c1-3-4-5-18-8-12(16)11-6-10(7-14)13(17)15-9(11)2/h6H,3-5,8H2,1-2H3,(H,15,17). The van der Waals surface area contributed by atoms with E-state index in [0.29, 0.717) is 17.9 Å². The maximum Gasteiger partial charge on any atom is 0.266 e. The molecule has 1 aromatic heterocycles. The molecule has 0 saturated carbocycles. The van der Waals surface area contributed by atoms with Crippen molar-refractivity contribution in [3.8, 4) is 6.07 Å². The second-order valence-electron chi connectivity index (χ2n) is 3.99. The molecule has 0 bridgehead atoms. The topological polar surface area (TPSA) is 82.9 Å². The lowest BCUT2D eigenvalue weighted by molar-refractivity contribution is 0.0753. The van der Waals surface area contributed by atoms with E-state index in [4.69, 9.17) is 10.00 Å². The van der Waals surface area contributed by atoms with E-state index in [0.717, 1.165) is 12.8 Å². The monoisotopic (exact) mass is 248 g/mol. The number of hydrogen-bond donors (Lipinski definition) is 1. The summed E-state index contributed by atoms with van der Waals surface area (Å²) in [5.74, 6) is -0.226. The van der Waals surface area contributed by atoms with Gasteiger partial charge in [0.2, 0.25) is 0 Å². The molecular weight excluding hydrogens is 232 g/mol. The molecule has 0 fully saturated rings. The van der Waals surface area contributed by atoms with Gasteiger partial charge in [-0.2, -0.15) is 5.26 Å². The third kappa shape index (κ3) is 3.54. The van der Waals surface area contributed by atoms with E-state index in [1.165, 1.54) is 6.07 Å². The predicted molar refractivity (Wildman–Crippen MR) is 66.6 cm³/mol. The average Bonchev–Trinajstić information content (AvgIpc) is 2.34. The Morgan fingerprint density at radius 2 is 2.28 bits per heavy atom. The van der Waals surface area contributed by atoms with Gasteiger partial charge in [-0.3, -0.25) is 9.59 Å². The van der Waals surface area contributed by atoms with Crippen LogP contribution in [-0.2, 0) is 4.74 Å². The van der Waals surface area contributed by atoms with Gasteiger partial charge in [0.25, 0.3) is 5.56 Å². The van der Waals surface area contributed by atoms with Crippen molar-refractivity contribution in [2.24, 2.45) is 0 Å². The number of pyridine rings is 1. The lowest BCUT2D eigenvalue weighted by Gasteiger charge is -2.06. The second-order valence-corrected chi connectivity index (χ2v) is 3.99. The number of ether oxygens (including phenoxy) is 1. The van der Waals surface area contributed by atoms with Crippen LogP contribution >= 0.6 is 0 Å². The van der Waals surface area contributed by atoms with Crippen LogP contribution in [0.3, 0.4) is 0 Å². The third-order valence-electron chi connectivity index (χ3n) is 2.53. The molecule has 18 heavy (non-hydrogen) atoms. The molecule has 0 aliphatic heterocycles. The number of aryl methyl sites for hydroxylation is 1. The van der Waals surface area contributed by atoms with Crippen LogP contribution in [0.1, 0.15) is 41.4 Å². The molecule has 0 atom stereocenters. The van der Waals surface area contributed by atoms with E-state index in [1.807, 2.05) is 6.92 Å². The van der Waals surface area contributed by atoms with Gasteiger partial charge in [-0.15, -0.1) is 0 Å². The fraction of sp³-hybridized carbons (Fsp3) is 0.462. The number of Topliss-reactive ketones (excluding diaryl/α,β-unsaturated/α-hetero) is 1. The van der Waals surface area contributed by atoms with E-state index in [-0.39, 0.29) is 18.0 Å². The van der Waals surface area contributed by atoms with E-state index in [1.54, 1.807) is 13.0 Å². The van der Waals surface area contributed by atoms with Gasteiger partial charge in [0.05, 0.1) is 0 Å². The first-order valence-electron chi connectivity index (χ1n) is 5.85. The van der Waals surface area contributed by atoms with Gasteiger partial charge in [0.15, 0.2) is 5.78 Å². The number of nitrogens with one attached hydrogen (secondary N) is 1. The Hall–Kier alpha value is -1.93. The zero-order chi connectivity index (χ0) is 13.5. The number of hydrogen-bond acceptors (Lipinski definition) is 4. The highest BCUT2D eigenvalue weighted by molar-refractivity contribution is 5.98. The van der Waals surface area contributed by atoms with E-state index in [9.17, 15) is 9.59 Å². The van der Waals surface area contributed by atoms with Crippen molar-refractivity contribution in [1.29, 1.82) is 5.26 Å². The van der Waals surface area contributed by atoms with Crippen LogP contribution in [0.15, 0.2) is 10.9 Å². The van der Waals surface area contributed by atoms with Crippen molar-refractivity contribution >= 4 is 5.78 Å². The lowest BCUT2D eigenvalue weighted by Crippen LogP contribution is -2.18. The molecule has 0 radical (unpaired) electrons.